The molecule has 1 radical (unpaired) electrons. The molecule has 1 N–H and O–H groups in total. The third-order valence-corrected chi connectivity index (χ3v) is 2.06. The van der Waals surface area contributed by atoms with E-state index in [0.717, 1.165) is 17.1 Å². The van der Waals surface area contributed by atoms with Crippen LogP contribution in [-0.4, -0.2) is 10.2 Å². The number of hydrogen-bond acceptors (Lipinski definition) is 1. The molecular formula is C10H8ClN2. The lowest BCUT2D eigenvalue weighted by Gasteiger charge is -1.97. The molecule has 1 heterocycles. The van der Waals surface area contributed by atoms with E-state index in [9.17, 15) is 0 Å². The molecule has 0 unspecified atom stereocenters. The Morgan fingerprint density at radius 3 is 2.69 bits per heavy atom. The lowest BCUT2D eigenvalue weighted by Crippen LogP contribution is -1.87. The van der Waals surface area contributed by atoms with Gasteiger partial charge in [-0.25, -0.2) is 0 Å². The van der Waals surface area contributed by atoms with Crippen molar-refractivity contribution in [2.75, 3.05) is 0 Å². The van der Waals surface area contributed by atoms with E-state index in [-0.39, 0.29) is 0 Å². The van der Waals surface area contributed by atoms with Crippen LogP contribution in [0.5, 0.6) is 0 Å². The summed E-state index contributed by atoms with van der Waals surface area (Å²) < 4.78 is 0. The van der Waals surface area contributed by atoms with Crippen LogP contribution < -0.4 is 0 Å². The molecule has 0 spiro atoms. The molecule has 65 valence electrons. The Kier molecular flexibility index (Phi) is 2.32. The van der Waals surface area contributed by atoms with E-state index in [2.05, 4.69) is 16.4 Å². The molecule has 2 nitrogen and oxygen atoms in total. The van der Waals surface area contributed by atoms with Crippen molar-refractivity contribution >= 4 is 11.6 Å². The molecular weight excluding hydrogens is 184 g/mol. The molecule has 0 amide bonds. The Balaban J connectivity index is 2.15. The number of benzene rings is 1. The minimum Gasteiger partial charge on any atom is -0.282 e. The minimum atomic E-state index is 0.764. The maximum absolute atomic E-state index is 5.77. The van der Waals surface area contributed by atoms with Crippen molar-refractivity contribution in [3.8, 4) is 0 Å². The summed E-state index contributed by atoms with van der Waals surface area (Å²) in [6.45, 7) is 0. The maximum Gasteiger partial charge on any atom is 0.113 e. The molecule has 0 saturated carbocycles. The average Bonchev–Trinajstić information content (AvgIpc) is 2.62. The zero-order chi connectivity index (χ0) is 9.10. The summed E-state index contributed by atoms with van der Waals surface area (Å²) >= 11 is 5.77. The number of H-pyrrole nitrogens is 1. The van der Waals surface area contributed by atoms with Crippen LogP contribution in [0.4, 0.5) is 0 Å². The Morgan fingerprint density at radius 1 is 1.31 bits per heavy atom. The zero-order valence-corrected chi connectivity index (χ0v) is 7.67. The first kappa shape index (κ1) is 8.32. The topological polar surface area (TPSA) is 28.7 Å². The van der Waals surface area contributed by atoms with E-state index in [4.69, 9.17) is 11.6 Å². The second-order valence-electron chi connectivity index (χ2n) is 2.83. The molecule has 13 heavy (non-hydrogen) atoms. The van der Waals surface area contributed by atoms with E-state index in [1.54, 1.807) is 0 Å². The van der Waals surface area contributed by atoms with Crippen molar-refractivity contribution in [1.29, 1.82) is 0 Å². The SMILES string of the molecule is Clc1ccc(Cc2c[c]n[nH]2)cc1. The molecule has 0 fully saturated rings. The molecule has 0 bridgehead atoms. The second kappa shape index (κ2) is 3.62. The average molecular weight is 192 g/mol. The second-order valence-corrected chi connectivity index (χ2v) is 3.26. The van der Waals surface area contributed by atoms with Gasteiger partial charge in [-0.2, -0.15) is 5.10 Å². The number of aromatic amines is 1. The molecule has 3 heteroatoms. The van der Waals surface area contributed by atoms with E-state index in [0.29, 0.717) is 0 Å². The molecule has 2 rings (SSSR count). The molecule has 0 aliphatic heterocycles. The molecule has 0 atom stereocenters. The first-order valence-electron chi connectivity index (χ1n) is 3.99. The van der Waals surface area contributed by atoms with Crippen LogP contribution in [-0.2, 0) is 6.42 Å². The van der Waals surface area contributed by atoms with Crippen LogP contribution in [0.25, 0.3) is 0 Å². The lowest BCUT2D eigenvalue weighted by molar-refractivity contribution is 0.994. The maximum atomic E-state index is 5.77. The summed E-state index contributed by atoms with van der Waals surface area (Å²) in [6.07, 6.45) is 3.57. The summed E-state index contributed by atoms with van der Waals surface area (Å²) in [4.78, 5) is 0. The van der Waals surface area contributed by atoms with Gasteiger partial charge in [-0.15, -0.1) is 0 Å². The van der Waals surface area contributed by atoms with Gasteiger partial charge in [0.1, 0.15) is 6.20 Å². The molecule has 1 aromatic carbocycles. The van der Waals surface area contributed by atoms with Gasteiger partial charge in [0.15, 0.2) is 0 Å². The summed E-state index contributed by atoms with van der Waals surface area (Å²) in [5, 5.41) is 7.39. The van der Waals surface area contributed by atoms with Gasteiger partial charge in [0.25, 0.3) is 0 Å². The fourth-order valence-electron chi connectivity index (χ4n) is 1.16. The smallest absolute Gasteiger partial charge is 0.113 e. The molecule has 0 aliphatic rings. The minimum absolute atomic E-state index is 0.764. The number of hydrogen-bond donors (Lipinski definition) is 1. The van der Waals surface area contributed by atoms with Crippen LogP contribution in [0.3, 0.4) is 0 Å². The summed E-state index contributed by atoms with van der Waals surface area (Å²) in [5.41, 5.74) is 2.27. The number of nitrogens with one attached hydrogen (secondary N) is 1. The van der Waals surface area contributed by atoms with Crippen LogP contribution in [0.2, 0.25) is 5.02 Å². The summed E-state index contributed by atoms with van der Waals surface area (Å²) in [6, 6.07) is 9.62. The molecule has 1 aromatic heterocycles. The normalized spacial score (nSPS) is 10.2. The fourth-order valence-corrected chi connectivity index (χ4v) is 1.29. The molecule has 0 saturated heterocycles. The van der Waals surface area contributed by atoms with E-state index >= 15 is 0 Å². The summed E-state index contributed by atoms with van der Waals surface area (Å²) in [5.74, 6) is 0. The first-order valence-corrected chi connectivity index (χ1v) is 4.37. The van der Waals surface area contributed by atoms with Gasteiger partial charge in [-0.05, 0) is 23.8 Å². The third kappa shape index (κ3) is 2.10. The number of halogens is 1. The van der Waals surface area contributed by atoms with Gasteiger partial charge < -0.3 is 0 Å². The van der Waals surface area contributed by atoms with Crippen LogP contribution in [0.1, 0.15) is 11.3 Å². The van der Waals surface area contributed by atoms with E-state index < -0.39 is 0 Å². The van der Waals surface area contributed by atoms with Gasteiger partial charge in [0.2, 0.25) is 0 Å². The molecule has 0 aliphatic carbocycles. The van der Waals surface area contributed by atoms with Gasteiger partial charge >= 0.3 is 0 Å². The van der Waals surface area contributed by atoms with Crippen molar-refractivity contribution < 1.29 is 0 Å². The van der Waals surface area contributed by atoms with E-state index in [1.165, 1.54) is 5.56 Å². The highest BCUT2D eigenvalue weighted by Gasteiger charge is 1.96. The summed E-state index contributed by atoms with van der Waals surface area (Å²) in [7, 11) is 0. The highest BCUT2D eigenvalue weighted by Crippen LogP contribution is 2.11. The Hall–Kier alpha value is -1.28. The van der Waals surface area contributed by atoms with Crippen molar-refractivity contribution in [2.45, 2.75) is 6.42 Å². The lowest BCUT2D eigenvalue weighted by atomic mass is 10.1. The Morgan fingerprint density at radius 2 is 2.08 bits per heavy atom. The monoisotopic (exact) mass is 191 g/mol. The highest BCUT2D eigenvalue weighted by atomic mass is 35.5. The van der Waals surface area contributed by atoms with Crippen molar-refractivity contribution in [3.05, 3.63) is 52.8 Å². The Labute approximate surface area is 81.6 Å². The van der Waals surface area contributed by atoms with Gasteiger partial charge in [0, 0.05) is 17.1 Å². The van der Waals surface area contributed by atoms with Gasteiger partial charge in [0.05, 0.1) is 0 Å². The van der Waals surface area contributed by atoms with Crippen LogP contribution in [0, 0.1) is 6.20 Å². The van der Waals surface area contributed by atoms with E-state index in [1.807, 2.05) is 30.3 Å². The van der Waals surface area contributed by atoms with Crippen LogP contribution >= 0.6 is 11.6 Å². The van der Waals surface area contributed by atoms with Crippen LogP contribution in [0.15, 0.2) is 30.3 Å². The van der Waals surface area contributed by atoms with Crippen molar-refractivity contribution in [2.24, 2.45) is 0 Å². The first-order chi connectivity index (χ1) is 6.34. The largest absolute Gasteiger partial charge is 0.282 e. The number of rotatable bonds is 2. The zero-order valence-electron chi connectivity index (χ0n) is 6.92. The van der Waals surface area contributed by atoms with Gasteiger partial charge in [-0.3, -0.25) is 5.10 Å². The number of nitrogens with zero attached hydrogens (tertiary/aromatic N) is 1. The standard InChI is InChI=1S/C10H8ClN2/c11-9-3-1-8(2-4-9)7-10-5-6-12-13-10/h1-5H,7H2,(H,12,13). The molecule has 2 aromatic rings. The predicted octanol–water partition coefficient (Wildman–Crippen LogP) is 2.45. The van der Waals surface area contributed by atoms with Crippen molar-refractivity contribution in [1.82, 2.24) is 10.2 Å². The highest BCUT2D eigenvalue weighted by molar-refractivity contribution is 6.30. The third-order valence-electron chi connectivity index (χ3n) is 1.81. The predicted molar refractivity (Wildman–Crippen MR) is 51.7 cm³/mol. The van der Waals surface area contributed by atoms with Gasteiger partial charge in [-0.1, -0.05) is 23.7 Å². The fraction of sp³-hybridized carbons (Fsp3) is 0.100. The van der Waals surface area contributed by atoms with Crippen molar-refractivity contribution in [3.63, 3.8) is 0 Å². The number of aromatic nitrogens is 2. The Bertz CT molecular complexity index is 364. The quantitative estimate of drug-likeness (QED) is 0.776.